The first kappa shape index (κ1) is 20.4. The Morgan fingerprint density at radius 1 is 0.903 bits per heavy atom. The molecule has 0 aromatic heterocycles. The molecule has 0 aliphatic carbocycles. The molecule has 0 saturated heterocycles. The van der Waals surface area contributed by atoms with Gasteiger partial charge in [-0.1, -0.05) is 6.07 Å². The van der Waals surface area contributed by atoms with Gasteiger partial charge in [0.25, 0.3) is 10.0 Å². The van der Waals surface area contributed by atoms with E-state index in [0.717, 1.165) is 17.7 Å². The fraction of sp³-hybridized carbons (Fsp3) is 0.0455. The molecule has 0 saturated carbocycles. The monoisotopic (exact) mass is 440 g/mol. The van der Waals surface area contributed by atoms with Gasteiger partial charge in [-0.25, -0.2) is 12.8 Å². The van der Waals surface area contributed by atoms with E-state index in [4.69, 9.17) is 9.47 Å². The molecule has 158 valence electrons. The SMILES string of the molecule is O=C(/C=C/c1ccc2c(c1)OCO2)Nc1ccc(S(=O)(=O)Nc2ccc(F)cc2)cc1. The third-order valence-corrected chi connectivity index (χ3v) is 5.75. The number of rotatable bonds is 6. The van der Waals surface area contributed by atoms with Crippen molar-refractivity contribution in [1.29, 1.82) is 0 Å². The Hall–Kier alpha value is -3.85. The van der Waals surface area contributed by atoms with E-state index >= 15 is 0 Å². The summed E-state index contributed by atoms with van der Waals surface area (Å²) in [7, 11) is -3.84. The standard InChI is InChI=1S/C22H17FN2O5S/c23-16-3-5-18(6-4-16)25-31(27,28)19-9-7-17(8-10-19)24-22(26)12-2-15-1-11-20-21(13-15)30-14-29-20/h1-13,25H,14H2,(H,24,26)/b12-2+. The molecule has 1 amide bonds. The van der Waals surface area contributed by atoms with Crippen molar-refractivity contribution in [1.82, 2.24) is 0 Å². The van der Waals surface area contributed by atoms with E-state index in [1.807, 2.05) is 0 Å². The Morgan fingerprint density at radius 3 is 2.32 bits per heavy atom. The molecule has 3 aromatic rings. The molecule has 1 aliphatic heterocycles. The highest BCUT2D eigenvalue weighted by Crippen LogP contribution is 2.32. The second kappa shape index (κ2) is 8.49. The largest absolute Gasteiger partial charge is 0.454 e. The highest BCUT2D eigenvalue weighted by molar-refractivity contribution is 7.92. The van der Waals surface area contributed by atoms with Crippen molar-refractivity contribution in [2.45, 2.75) is 4.90 Å². The Labute approximate surface area is 178 Å². The van der Waals surface area contributed by atoms with E-state index in [1.54, 1.807) is 24.3 Å². The number of nitrogens with one attached hydrogen (secondary N) is 2. The van der Waals surface area contributed by atoms with Gasteiger partial charge in [0, 0.05) is 17.5 Å². The number of carbonyl (C=O) groups excluding carboxylic acids is 1. The number of halogens is 1. The van der Waals surface area contributed by atoms with E-state index in [9.17, 15) is 17.6 Å². The zero-order valence-corrected chi connectivity index (χ0v) is 16.9. The molecule has 0 radical (unpaired) electrons. The Balaban J connectivity index is 1.38. The number of carbonyl (C=O) groups is 1. The van der Waals surface area contributed by atoms with Crippen LogP contribution < -0.4 is 19.5 Å². The lowest BCUT2D eigenvalue weighted by Crippen LogP contribution is -2.13. The number of anilines is 2. The average Bonchev–Trinajstić information content (AvgIpc) is 3.22. The third kappa shape index (κ3) is 5.01. The number of sulfonamides is 1. The van der Waals surface area contributed by atoms with E-state index in [2.05, 4.69) is 10.0 Å². The van der Waals surface area contributed by atoms with Crippen LogP contribution in [-0.2, 0) is 14.8 Å². The summed E-state index contributed by atoms with van der Waals surface area (Å²) in [6, 6.07) is 16.0. The van der Waals surface area contributed by atoms with Crippen LogP contribution in [-0.4, -0.2) is 21.1 Å². The molecule has 1 aliphatic rings. The van der Waals surface area contributed by atoms with Gasteiger partial charge in [0.2, 0.25) is 12.7 Å². The van der Waals surface area contributed by atoms with E-state index in [0.29, 0.717) is 17.2 Å². The van der Waals surface area contributed by atoms with Gasteiger partial charge < -0.3 is 14.8 Å². The molecular weight excluding hydrogens is 423 g/mol. The van der Waals surface area contributed by atoms with Crippen LogP contribution in [0.2, 0.25) is 0 Å². The molecule has 4 rings (SSSR count). The molecule has 7 nitrogen and oxygen atoms in total. The van der Waals surface area contributed by atoms with Crippen LogP contribution in [0.4, 0.5) is 15.8 Å². The van der Waals surface area contributed by atoms with Crippen molar-refractivity contribution in [3.05, 3.63) is 84.2 Å². The average molecular weight is 440 g/mol. The Kier molecular flexibility index (Phi) is 5.59. The van der Waals surface area contributed by atoms with Gasteiger partial charge in [0.05, 0.1) is 4.90 Å². The van der Waals surface area contributed by atoms with Crippen LogP contribution in [0.1, 0.15) is 5.56 Å². The van der Waals surface area contributed by atoms with Gasteiger partial charge in [-0.15, -0.1) is 0 Å². The summed E-state index contributed by atoms with van der Waals surface area (Å²) in [5, 5.41) is 2.66. The molecule has 0 bridgehead atoms. The van der Waals surface area contributed by atoms with Crippen LogP contribution in [0.5, 0.6) is 11.5 Å². The second-order valence-corrected chi connectivity index (χ2v) is 8.25. The van der Waals surface area contributed by atoms with Gasteiger partial charge in [0.15, 0.2) is 11.5 Å². The second-order valence-electron chi connectivity index (χ2n) is 6.57. The maximum atomic E-state index is 13.0. The lowest BCUT2D eigenvalue weighted by Gasteiger charge is -2.09. The van der Waals surface area contributed by atoms with Gasteiger partial charge >= 0.3 is 0 Å². The van der Waals surface area contributed by atoms with Gasteiger partial charge in [-0.05, 0) is 72.3 Å². The fourth-order valence-electron chi connectivity index (χ4n) is 2.82. The number of hydrogen-bond donors (Lipinski definition) is 2. The number of benzene rings is 3. The van der Waals surface area contributed by atoms with Crippen LogP contribution in [0.15, 0.2) is 77.7 Å². The summed E-state index contributed by atoms with van der Waals surface area (Å²) >= 11 is 0. The number of amides is 1. The van der Waals surface area contributed by atoms with Crippen LogP contribution in [0, 0.1) is 5.82 Å². The van der Waals surface area contributed by atoms with E-state index < -0.39 is 15.8 Å². The van der Waals surface area contributed by atoms with Gasteiger partial charge in [-0.2, -0.15) is 0 Å². The van der Waals surface area contributed by atoms with Crippen molar-refractivity contribution in [3.8, 4) is 11.5 Å². The molecule has 0 atom stereocenters. The number of ether oxygens (including phenoxy) is 2. The molecule has 0 unspecified atom stereocenters. The van der Waals surface area contributed by atoms with Crippen molar-refractivity contribution in [2.75, 3.05) is 16.8 Å². The molecule has 1 heterocycles. The van der Waals surface area contributed by atoms with E-state index in [1.165, 1.54) is 42.5 Å². The smallest absolute Gasteiger partial charge is 0.261 e. The summed E-state index contributed by atoms with van der Waals surface area (Å²) in [6.45, 7) is 0.175. The first-order valence-electron chi connectivity index (χ1n) is 9.16. The molecule has 31 heavy (non-hydrogen) atoms. The number of hydrogen-bond acceptors (Lipinski definition) is 5. The molecular formula is C22H17FN2O5S. The van der Waals surface area contributed by atoms with Gasteiger partial charge in [-0.3, -0.25) is 9.52 Å². The molecule has 0 spiro atoms. The van der Waals surface area contributed by atoms with Crippen LogP contribution >= 0.6 is 0 Å². The normalized spacial score (nSPS) is 12.7. The quantitative estimate of drug-likeness (QED) is 0.565. The lowest BCUT2D eigenvalue weighted by atomic mass is 10.2. The molecule has 2 N–H and O–H groups in total. The summed E-state index contributed by atoms with van der Waals surface area (Å²) < 4.78 is 50.7. The molecule has 9 heteroatoms. The minimum atomic E-state index is -3.84. The first-order chi connectivity index (χ1) is 14.9. The minimum Gasteiger partial charge on any atom is -0.454 e. The van der Waals surface area contributed by atoms with Gasteiger partial charge in [0.1, 0.15) is 5.82 Å². The summed E-state index contributed by atoms with van der Waals surface area (Å²) in [6.07, 6.45) is 2.99. The fourth-order valence-corrected chi connectivity index (χ4v) is 3.88. The zero-order chi connectivity index (χ0) is 21.8. The van der Waals surface area contributed by atoms with Crippen LogP contribution in [0.3, 0.4) is 0 Å². The van der Waals surface area contributed by atoms with Crippen LogP contribution in [0.25, 0.3) is 6.08 Å². The maximum absolute atomic E-state index is 13.0. The summed E-state index contributed by atoms with van der Waals surface area (Å²) in [4.78, 5) is 12.2. The molecule has 3 aromatic carbocycles. The third-order valence-electron chi connectivity index (χ3n) is 4.35. The van der Waals surface area contributed by atoms with Crippen molar-refractivity contribution >= 4 is 33.4 Å². The summed E-state index contributed by atoms with van der Waals surface area (Å²) in [5.41, 5.74) is 1.45. The zero-order valence-electron chi connectivity index (χ0n) is 16.0. The minimum absolute atomic E-state index is 0.00530. The lowest BCUT2D eigenvalue weighted by molar-refractivity contribution is -0.111. The van der Waals surface area contributed by atoms with E-state index in [-0.39, 0.29) is 23.3 Å². The van der Waals surface area contributed by atoms with Crippen molar-refractivity contribution in [2.24, 2.45) is 0 Å². The first-order valence-corrected chi connectivity index (χ1v) is 10.6. The predicted molar refractivity (Wildman–Crippen MR) is 114 cm³/mol. The summed E-state index contributed by atoms with van der Waals surface area (Å²) in [5.74, 6) is 0.437. The van der Waals surface area contributed by atoms with Crippen molar-refractivity contribution in [3.63, 3.8) is 0 Å². The Bertz CT molecular complexity index is 1240. The highest BCUT2D eigenvalue weighted by Gasteiger charge is 2.15. The van der Waals surface area contributed by atoms with Crippen molar-refractivity contribution < 1.29 is 27.1 Å². The topological polar surface area (TPSA) is 93.7 Å². The predicted octanol–water partition coefficient (Wildman–Crippen LogP) is 4.01. The Morgan fingerprint density at radius 2 is 1.58 bits per heavy atom. The number of fused-ring (bicyclic) bond motifs is 1. The maximum Gasteiger partial charge on any atom is 0.261 e. The highest BCUT2D eigenvalue weighted by atomic mass is 32.2. The molecule has 0 fully saturated rings.